The van der Waals surface area contributed by atoms with Crippen LogP contribution in [0.1, 0.15) is 68.0 Å². The summed E-state index contributed by atoms with van der Waals surface area (Å²) in [6.45, 7) is 3.58. The third-order valence-corrected chi connectivity index (χ3v) is 7.80. The fraction of sp³-hybridized carbons (Fsp3) is 0.414. The second kappa shape index (κ2) is 9.45. The molecule has 3 unspecified atom stereocenters. The summed E-state index contributed by atoms with van der Waals surface area (Å²) in [5.74, 6) is 1.06. The van der Waals surface area contributed by atoms with Crippen LogP contribution in [0.2, 0.25) is 0 Å². The molecule has 3 atom stereocenters. The fourth-order valence-electron chi connectivity index (χ4n) is 6.13. The summed E-state index contributed by atoms with van der Waals surface area (Å²) >= 11 is 0. The fourth-order valence-corrected chi connectivity index (χ4v) is 6.13. The van der Waals surface area contributed by atoms with Crippen molar-refractivity contribution in [2.75, 3.05) is 4.90 Å². The van der Waals surface area contributed by atoms with Crippen LogP contribution in [0.5, 0.6) is 0 Å². The predicted octanol–water partition coefficient (Wildman–Crippen LogP) is 5.86. The summed E-state index contributed by atoms with van der Waals surface area (Å²) in [6, 6.07) is 19.5. The normalized spacial score (nSPS) is 22.7. The van der Waals surface area contributed by atoms with Crippen LogP contribution in [0.15, 0.2) is 71.4 Å². The Morgan fingerprint density at radius 3 is 2.58 bits per heavy atom. The molecule has 7 heteroatoms. The smallest absolute Gasteiger partial charge is 0.323 e. The lowest BCUT2D eigenvalue weighted by atomic mass is 9.81. The van der Waals surface area contributed by atoms with Gasteiger partial charge in [0.1, 0.15) is 0 Å². The van der Waals surface area contributed by atoms with E-state index in [0.717, 1.165) is 48.9 Å². The van der Waals surface area contributed by atoms with Gasteiger partial charge in [0.15, 0.2) is 0 Å². The molecule has 1 aromatic heterocycles. The van der Waals surface area contributed by atoms with Crippen molar-refractivity contribution in [2.45, 2.75) is 69.5 Å². The first-order chi connectivity index (χ1) is 17.6. The maximum Gasteiger partial charge on any atom is 0.323 e. The number of carbonyl (C=O) groups excluding carboxylic acids is 1. The van der Waals surface area contributed by atoms with E-state index in [1.165, 1.54) is 0 Å². The number of nitrogens with zero attached hydrogens (tertiary/aromatic N) is 4. The van der Waals surface area contributed by atoms with Gasteiger partial charge < -0.3 is 14.4 Å². The zero-order valence-electron chi connectivity index (χ0n) is 20.4. The van der Waals surface area contributed by atoms with Gasteiger partial charge in [-0.1, -0.05) is 66.6 Å². The molecule has 6 rings (SSSR count). The van der Waals surface area contributed by atoms with E-state index in [-0.39, 0.29) is 42.1 Å². The minimum Gasteiger partial charge on any atom is -0.513 e. The van der Waals surface area contributed by atoms with Gasteiger partial charge in [-0.25, -0.2) is 0 Å². The predicted molar refractivity (Wildman–Crippen MR) is 137 cm³/mol. The number of benzene rings is 2. The monoisotopic (exact) mass is 484 g/mol. The molecule has 1 N–H and O–H groups in total. The van der Waals surface area contributed by atoms with Crippen LogP contribution in [-0.4, -0.2) is 38.2 Å². The SMILES string of the molecule is C=C(O)CCC(=O)N(C1CC1)C1c2ccccc2N(c2nnc(Cc3ccccc3)o2)C2CCCC21. The van der Waals surface area contributed by atoms with E-state index in [1.54, 1.807) is 0 Å². The Morgan fingerprint density at radius 1 is 1.03 bits per heavy atom. The van der Waals surface area contributed by atoms with Gasteiger partial charge in [-0.05, 0) is 42.9 Å². The van der Waals surface area contributed by atoms with E-state index in [2.05, 4.69) is 56.9 Å². The highest BCUT2D eigenvalue weighted by atomic mass is 16.4. The maximum absolute atomic E-state index is 13.5. The largest absolute Gasteiger partial charge is 0.513 e. The number of aliphatic hydroxyl groups is 1. The van der Waals surface area contributed by atoms with Crippen molar-refractivity contribution in [3.05, 3.63) is 84.0 Å². The maximum atomic E-state index is 13.5. The van der Waals surface area contributed by atoms with Crippen molar-refractivity contribution in [3.63, 3.8) is 0 Å². The Labute approximate surface area is 211 Å². The average molecular weight is 485 g/mol. The lowest BCUT2D eigenvalue weighted by molar-refractivity contribution is -0.136. The Balaban J connectivity index is 1.36. The van der Waals surface area contributed by atoms with Crippen LogP contribution in [0.3, 0.4) is 0 Å². The van der Waals surface area contributed by atoms with Gasteiger partial charge in [0.05, 0.1) is 23.9 Å². The number of allylic oxidation sites excluding steroid dienone is 1. The van der Waals surface area contributed by atoms with E-state index < -0.39 is 0 Å². The molecule has 1 aliphatic heterocycles. The third-order valence-electron chi connectivity index (χ3n) is 7.80. The number of hydrogen-bond acceptors (Lipinski definition) is 6. The van der Waals surface area contributed by atoms with Crippen molar-refractivity contribution in [1.29, 1.82) is 0 Å². The highest BCUT2D eigenvalue weighted by Crippen LogP contribution is 2.54. The minimum absolute atomic E-state index is 0.0172. The topological polar surface area (TPSA) is 82.7 Å². The molecule has 3 aromatic rings. The lowest BCUT2D eigenvalue weighted by Crippen LogP contribution is -2.49. The summed E-state index contributed by atoms with van der Waals surface area (Å²) in [7, 11) is 0. The molecule has 186 valence electrons. The number of fused-ring (bicyclic) bond motifs is 2. The number of anilines is 2. The number of aromatic nitrogens is 2. The van der Waals surface area contributed by atoms with Gasteiger partial charge >= 0.3 is 6.01 Å². The highest BCUT2D eigenvalue weighted by Gasteiger charge is 2.51. The number of hydrogen-bond donors (Lipinski definition) is 1. The summed E-state index contributed by atoms with van der Waals surface area (Å²) in [6.07, 6.45) is 6.44. The van der Waals surface area contributed by atoms with Gasteiger partial charge in [-0.2, -0.15) is 0 Å². The summed E-state index contributed by atoms with van der Waals surface area (Å²) in [4.78, 5) is 17.8. The van der Waals surface area contributed by atoms with Gasteiger partial charge in [-0.15, -0.1) is 5.10 Å². The third kappa shape index (κ3) is 4.27. The van der Waals surface area contributed by atoms with Gasteiger partial charge in [0.2, 0.25) is 11.8 Å². The standard InChI is InChI=1S/C29H32N4O3/c1-19(34)14-17-27(35)32(21-15-16-21)28-22-10-5-6-12-24(22)33(25-13-7-11-23(25)28)29-31-30-26(36-29)18-20-8-3-2-4-9-20/h2-6,8-10,12,21,23,25,28,34H,1,7,11,13-18H2. The van der Waals surface area contributed by atoms with Crippen LogP contribution in [0, 0.1) is 5.92 Å². The molecule has 0 saturated heterocycles. The molecule has 2 aliphatic carbocycles. The first-order valence-electron chi connectivity index (χ1n) is 13.0. The van der Waals surface area contributed by atoms with Crippen molar-refractivity contribution >= 4 is 17.6 Å². The number of aliphatic hydroxyl groups excluding tert-OH is 1. The molecule has 0 radical (unpaired) electrons. The number of carbonyl (C=O) groups is 1. The van der Waals surface area contributed by atoms with Gasteiger partial charge in [0, 0.05) is 30.8 Å². The van der Waals surface area contributed by atoms with Crippen LogP contribution in [0.4, 0.5) is 11.7 Å². The summed E-state index contributed by atoms with van der Waals surface area (Å²) < 4.78 is 6.25. The van der Waals surface area contributed by atoms with E-state index in [4.69, 9.17) is 4.42 Å². The lowest BCUT2D eigenvalue weighted by Gasteiger charge is -2.47. The number of amides is 1. The Hall–Kier alpha value is -3.61. The molecular formula is C29H32N4O3. The van der Waals surface area contributed by atoms with E-state index in [0.29, 0.717) is 24.7 Å². The van der Waals surface area contributed by atoms with E-state index in [1.807, 2.05) is 24.3 Å². The second-order valence-electron chi connectivity index (χ2n) is 10.3. The number of rotatable bonds is 8. The Bertz CT molecular complexity index is 1250. The molecule has 2 aromatic carbocycles. The molecule has 3 aliphatic rings. The molecule has 0 bridgehead atoms. The number of para-hydroxylation sites is 1. The molecule has 2 fully saturated rings. The molecule has 2 heterocycles. The minimum atomic E-state index is 0.0172. The van der Waals surface area contributed by atoms with Crippen LogP contribution < -0.4 is 4.90 Å². The van der Waals surface area contributed by atoms with Crippen LogP contribution in [-0.2, 0) is 11.2 Å². The molecule has 1 amide bonds. The van der Waals surface area contributed by atoms with Crippen LogP contribution in [0.25, 0.3) is 0 Å². The van der Waals surface area contributed by atoms with Crippen molar-refractivity contribution in [3.8, 4) is 0 Å². The van der Waals surface area contributed by atoms with Gasteiger partial charge in [-0.3, -0.25) is 9.69 Å². The van der Waals surface area contributed by atoms with E-state index in [9.17, 15) is 9.90 Å². The molecular weight excluding hydrogens is 452 g/mol. The average Bonchev–Trinajstić information content (AvgIpc) is 3.41. The first kappa shape index (κ1) is 22.8. The Morgan fingerprint density at radius 2 is 1.81 bits per heavy atom. The zero-order chi connectivity index (χ0) is 24.6. The van der Waals surface area contributed by atoms with Crippen molar-refractivity contribution < 1.29 is 14.3 Å². The Kier molecular flexibility index (Phi) is 5.99. The summed E-state index contributed by atoms with van der Waals surface area (Å²) in [5.41, 5.74) is 3.33. The van der Waals surface area contributed by atoms with Crippen molar-refractivity contribution in [1.82, 2.24) is 15.1 Å². The first-order valence-corrected chi connectivity index (χ1v) is 13.0. The second-order valence-corrected chi connectivity index (χ2v) is 10.3. The highest BCUT2D eigenvalue weighted by molar-refractivity contribution is 5.79. The van der Waals surface area contributed by atoms with Crippen LogP contribution >= 0.6 is 0 Å². The molecule has 2 saturated carbocycles. The van der Waals surface area contributed by atoms with Crippen molar-refractivity contribution in [2.24, 2.45) is 5.92 Å². The molecule has 36 heavy (non-hydrogen) atoms. The van der Waals surface area contributed by atoms with Gasteiger partial charge in [0.25, 0.3) is 0 Å². The summed E-state index contributed by atoms with van der Waals surface area (Å²) in [5, 5.41) is 18.5. The molecule has 7 nitrogen and oxygen atoms in total. The molecule has 0 spiro atoms. The zero-order valence-corrected chi connectivity index (χ0v) is 20.4. The quantitative estimate of drug-likeness (QED) is 0.403. The van der Waals surface area contributed by atoms with E-state index >= 15 is 0 Å².